The summed E-state index contributed by atoms with van der Waals surface area (Å²) < 4.78 is 0. The second-order valence-corrected chi connectivity index (χ2v) is 5.58. The fourth-order valence-electron chi connectivity index (χ4n) is 1.81. The van der Waals surface area contributed by atoms with Gasteiger partial charge in [-0.05, 0) is 31.5 Å². The number of rotatable bonds is 3. The molecular formula is C13H13Cl3N4. The molecule has 1 heterocycles. The van der Waals surface area contributed by atoms with Gasteiger partial charge in [0.15, 0.2) is 5.82 Å². The summed E-state index contributed by atoms with van der Waals surface area (Å²) in [5.41, 5.74) is 7.14. The van der Waals surface area contributed by atoms with Gasteiger partial charge in [0.05, 0.1) is 11.7 Å². The molecule has 4 nitrogen and oxygen atoms in total. The molecule has 0 bridgehead atoms. The minimum Gasteiger partial charge on any atom is -0.368 e. The predicted molar refractivity (Wildman–Crippen MR) is 84.7 cm³/mol. The predicted octanol–water partition coefficient (Wildman–Crippen LogP) is 4.50. The second-order valence-electron chi connectivity index (χ2n) is 4.36. The number of benzene rings is 1. The summed E-state index contributed by atoms with van der Waals surface area (Å²) in [5, 5.41) is 4.78. The summed E-state index contributed by atoms with van der Waals surface area (Å²) in [6, 6.07) is 5.22. The Morgan fingerprint density at radius 2 is 1.90 bits per heavy atom. The lowest BCUT2D eigenvalue weighted by Crippen LogP contribution is -2.11. The molecule has 3 N–H and O–H groups in total. The summed E-state index contributed by atoms with van der Waals surface area (Å²) in [5.74, 6) is 0.652. The van der Waals surface area contributed by atoms with Gasteiger partial charge in [0.1, 0.15) is 5.02 Å². The van der Waals surface area contributed by atoms with Gasteiger partial charge in [0, 0.05) is 10.0 Å². The zero-order chi connectivity index (χ0) is 14.9. The van der Waals surface area contributed by atoms with E-state index in [4.69, 9.17) is 40.5 Å². The summed E-state index contributed by atoms with van der Waals surface area (Å²) in [7, 11) is 0. The van der Waals surface area contributed by atoms with Crippen LogP contribution in [0.25, 0.3) is 0 Å². The Morgan fingerprint density at radius 3 is 2.55 bits per heavy atom. The summed E-state index contributed by atoms with van der Waals surface area (Å²) in [6.45, 7) is 3.71. The maximum absolute atomic E-state index is 6.18. The van der Waals surface area contributed by atoms with Gasteiger partial charge in [-0.1, -0.05) is 40.9 Å². The van der Waals surface area contributed by atoms with Crippen LogP contribution < -0.4 is 11.1 Å². The molecule has 2 rings (SSSR count). The van der Waals surface area contributed by atoms with Crippen LogP contribution in [0, 0.1) is 6.92 Å². The zero-order valence-electron chi connectivity index (χ0n) is 10.9. The SMILES string of the molecule is Cc1nc(N)nc(N[C@H](C)c2ccc(Cl)cc2Cl)c1Cl. The van der Waals surface area contributed by atoms with Crippen molar-refractivity contribution >= 4 is 46.6 Å². The van der Waals surface area contributed by atoms with Gasteiger partial charge in [0.2, 0.25) is 5.95 Å². The Kier molecular flexibility index (Phi) is 4.58. The molecule has 1 aromatic heterocycles. The normalized spacial score (nSPS) is 12.2. The van der Waals surface area contributed by atoms with Crippen LogP contribution in [0.5, 0.6) is 0 Å². The minimum absolute atomic E-state index is 0.106. The Bertz CT molecular complexity index is 646. The molecule has 2 aromatic rings. The molecule has 0 saturated carbocycles. The van der Waals surface area contributed by atoms with Crippen LogP contribution in [0.2, 0.25) is 15.1 Å². The fraction of sp³-hybridized carbons (Fsp3) is 0.231. The van der Waals surface area contributed by atoms with Gasteiger partial charge in [-0.25, -0.2) is 4.98 Å². The summed E-state index contributed by atoms with van der Waals surface area (Å²) >= 11 is 18.2. The molecule has 0 saturated heterocycles. The molecule has 0 amide bonds. The molecule has 1 aromatic carbocycles. The van der Waals surface area contributed by atoms with Crippen molar-refractivity contribution in [3.05, 3.63) is 44.5 Å². The average molecular weight is 332 g/mol. The van der Waals surface area contributed by atoms with Crippen LogP contribution in [0.3, 0.4) is 0 Å². The minimum atomic E-state index is -0.106. The number of aryl methyl sites for hydroxylation is 1. The topological polar surface area (TPSA) is 63.8 Å². The van der Waals surface area contributed by atoms with Crippen LogP contribution in [0.4, 0.5) is 11.8 Å². The van der Waals surface area contributed by atoms with Crippen LogP contribution in [0.1, 0.15) is 24.2 Å². The lowest BCUT2D eigenvalue weighted by atomic mass is 10.1. The largest absolute Gasteiger partial charge is 0.368 e. The Morgan fingerprint density at radius 1 is 1.20 bits per heavy atom. The third kappa shape index (κ3) is 3.26. The van der Waals surface area contributed by atoms with E-state index in [9.17, 15) is 0 Å². The number of aromatic nitrogens is 2. The first kappa shape index (κ1) is 15.2. The van der Waals surface area contributed by atoms with E-state index in [0.717, 1.165) is 5.56 Å². The first-order valence-corrected chi connectivity index (χ1v) is 7.03. The summed E-state index contributed by atoms with van der Waals surface area (Å²) in [6.07, 6.45) is 0. The van der Waals surface area contributed by atoms with Crippen LogP contribution in [-0.4, -0.2) is 9.97 Å². The van der Waals surface area contributed by atoms with Gasteiger partial charge >= 0.3 is 0 Å². The summed E-state index contributed by atoms with van der Waals surface area (Å²) in [4.78, 5) is 8.09. The molecule has 0 spiro atoms. The quantitative estimate of drug-likeness (QED) is 0.869. The van der Waals surface area contributed by atoms with Crippen molar-refractivity contribution < 1.29 is 0 Å². The van der Waals surface area contributed by atoms with Crippen LogP contribution in [-0.2, 0) is 0 Å². The fourth-order valence-corrected chi connectivity index (χ4v) is 2.52. The molecule has 1 atom stereocenters. The number of anilines is 2. The lowest BCUT2D eigenvalue weighted by molar-refractivity contribution is 0.872. The highest BCUT2D eigenvalue weighted by molar-refractivity contribution is 6.35. The molecule has 0 aliphatic rings. The van der Waals surface area contributed by atoms with Gasteiger partial charge in [-0.2, -0.15) is 4.98 Å². The third-order valence-corrected chi connectivity index (χ3v) is 3.83. The van der Waals surface area contributed by atoms with Crippen molar-refractivity contribution in [3.63, 3.8) is 0 Å². The van der Waals surface area contributed by atoms with E-state index in [0.29, 0.717) is 26.6 Å². The smallest absolute Gasteiger partial charge is 0.222 e. The number of hydrogen-bond donors (Lipinski definition) is 2. The van der Waals surface area contributed by atoms with Crippen LogP contribution in [0.15, 0.2) is 18.2 Å². The van der Waals surface area contributed by atoms with E-state index in [1.54, 1.807) is 19.1 Å². The first-order valence-electron chi connectivity index (χ1n) is 5.89. The lowest BCUT2D eigenvalue weighted by Gasteiger charge is -2.18. The number of nitrogens with zero attached hydrogens (tertiary/aromatic N) is 2. The van der Waals surface area contributed by atoms with E-state index >= 15 is 0 Å². The Labute approximate surface area is 132 Å². The highest BCUT2D eigenvalue weighted by Crippen LogP contribution is 2.31. The number of halogens is 3. The van der Waals surface area contributed by atoms with E-state index in [1.807, 2.05) is 13.0 Å². The van der Waals surface area contributed by atoms with E-state index in [1.165, 1.54) is 0 Å². The van der Waals surface area contributed by atoms with Crippen molar-refractivity contribution in [2.24, 2.45) is 0 Å². The number of nitrogen functional groups attached to an aromatic ring is 1. The molecule has 106 valence electrons. The molecule has 0 aliphatic carbocycles. The van der Waals surface area contributed by atoms with Crippen molar-refractivity contribution in [2.75, 3.05) is 11.1 Å². The monoisotopic (exact) mass is 330 g/mol. The number of hydrogen-bond acceptors (Lipinski definition) is 4. The van der Waals surface area contributed by atoms with Gasteiger partial charge in [-0.15, -0.1) is 0 Å². The van der Waals surface area contributed by atoms with Gasteiger partial charge < -0.3 is 11.1 Å². The molecule has 20 heavy (non-hydrogen) atoms. The molecule has 0 aliphatic heterocycles. The van der Waals surface area contributed by atoms with Gasteiger partial charge in [-0.3, -0.25) is 0 Å². The van der Waals surface area contributed by atoms with Crippen molar-refractivity contribution in [1.29, 1.82) is 0 Å². The maximum atomic E-state index is 6.18. The van der Waals surface area contributed by atoms with E-state index in [2.05, 4.69) is 15.3 Å². The van der Waals surface area contributed by atoms with Crippen molar-refractivity contribution in [3.8, 4) is 0 Å². The average Bonchev–Trinajstić information content (AvgIpc) is 2.35. The number of nitrogens with one attached hydrogen (secondary N) is 1. The van der Waals surface area contributed by atoms with Crippen molar-refractivity contribution in [2.45, 2.75) is 19.9 Å². The Balaban J connectivity index is 2.30. The third-order valence-electron chi connectivity index (χ3n) is 2.82. The van der Waals surface area contributed by atoms with Crippen LogP contribution >= 0.6 is 34.8 Å². The molecule has 7 heteroatoms. The number of nitrogens with two attached hydrogens (primary N) is 1. The maximum Gasteiger partial charge on any atom is 0.222 e. The van der Waals surface area contributed by atoms with E-state index < -0.39 is 0 Å². The molecule has 0 unspecified atom stereocenters. The highest BCUT2D eigenvalue weighted by atomic mass is 35.5. The van der Waals surface area contributed by atoms with E-state index in [-0.39, 0.29) is 12.0 Å². The van der Waals surface area contributed by atoms with Gasteiger partial charge in [0.25, 0.3) is 0 Å². The molecule has 0 fully saturated rings. The highest BCUT2D eigenvalue weighted by Gasteiger charge is 2.14. The zero-order valence-corrected chi connectivity index (χ0v) is 13.2. The Hall–Kier alpha value is -1.23. The standard InChI is InChI=1S/C13H13Cl3N4/c1-6(9-4-3-8(14)5-10(9)15)18-12-11(16)7(2)19-13(17)20-12/h3-6H,1-2H3,(H3,17,18,19,20)/t6-/m1/s1. The second kappa shape index (κ2) is 6.04. The first-order chi connectivity index (χ1) is 9.38. The molecule has 0 radical (unpaired) electrons. The van der Waals surface area contributed by atoms with Crippen molar-refractivity contribution in [1.82, 2.24) is 9.97 Å². The molecular weight excluding hydrogens is 319 g/mol.